The Morgan fingerprint density at radius 1 is 1.05 bits per heavy atom. The van der Waals surface area contributed by atoms with Crippen LogP contribution in [0.1, 0.15) is 5.56 Å². The van der Waals surface area contributed by atoms with E-state index >= 15 is 0 Å². The highest BCUT2D eigenvalue weighted by Gasteiger charge is 2.13. The Bertz CT molecular complexity index is 822. The molecule has 3 nitrogen and oxygen atoms in total. The Hall–Kier alpha value is -2.69. The van der Waals surface area contributed by atoms with E-state index in [2.05, 4.69) is 0 Å². The molecule has 21 heavy (non-hydrogen) atoms. The second-order valence-electron chi connectivity index (χ2n) is 4.73. The van der Waals surface area contributed by atoms with Crippen molar-refractivity contribution in [2.75, 3.05) is 0 Å². The molecule has 3 aromatic rings. The summed E-state index contributed by atoms with van der Waals surface area (Å²) in [6.07, 6.45) is 1.44. The summed E-state index contributed by atoms with van der Waals surface area (Å²) in [5, 5.41) is 9.50. The van der Waals surface area contributed by atoms with Crippen molar-refractivity contribution in [1.82, 2.24) is 4.57 Å². The Labute approximate surface area is 119 Å². The number of carbonyl (C=O) groups is 1. The molecule has 106 valence electrons. The number of hydrogen-bond acceptors (Lipinski definition) is 1. The molecule has 0 radical (unpaired) electrons. The zero-order valence-electron chi connectivity index (χ0n) is 10.9. The van der Waals surface area contributed by atoms with Gasteiger partial charge >= 0.3 is 5.97 Å². The number of carboxylic acid groups (broad SMARTS) is 1. The summed E-state index contributed by atoms with van der Waals surface area (Å²) in [6, 6.07) is 10.0. The van der Waals surface area contributed by atoms with E-state index in [4.69, 9.17) is 5.11 Å². The van der Waals surface area contributed by atoms with Crippen LogP contribution >= 0.6 is 0 Å². The molecule has 2 aromatic carbocycles. The summed E-state index contributed by atoms with van der Waals surface area (Å²) in [5.41, 5.74) is 1.88. The molecule has 1 aromatic heterocycles. The summed E-state index contributed by atoms with van der Waals surface area (Å²) in [4.78, 5) is 10.9. The molecule has 1 N–H and O–H groups in total. The molecule has 0 spiro atoms. The molecule has 3 rings (SSSR count). The van der Waals surface area contributed by atoms with Crippen molar-refractivity contribution in [3.8, 4) is 5.69 Å². The van der Waals surface area contributed by atoms with E-state index < -0.39 is 11.8 Å². The van der Waals surface area contributed by atoms with Gasteiger partial charge in [-0.1, -0.05) is 0 Å². The van der Waals surface area contributed by atoms with Gasteiger partial charge < -0.3 is 9.67 Å². The maximum Gasteiger partial charge on any atom is 0.307 e. The molecule has 0 atom stereocenters. The van der Waals surface area contributed by atoms with E-state index in [1.165, 1.54) is 24.3 Å². The van der Waals surface area contributed by atoms with E-state index in [0.717, 1.165) is 0 Å². The molecule has 0 amide bonds. The van der Waals surface area contributed by atoms with E-state index in [1.54, 1.807) is 29.0 Å². The second kappa shape index (κ2) is 5.01. The van der Waals surface area contributed by atoms with Gasteiger partial charge in [-0.15, -0.1) is 0 Å². The molecule has 0 aliphatic rings. The Morgan fingerprint density at radius 2 is 1.71 bits per heavy atom. The molecule has 0 fully saturated rings. The standard InChI is InChI=1S/C16H11F2NO2/c17-11-1-4-13(5-2-11)19-9-10(7-16(20)21)14-8-12(18)3-6-15(14)19/h1-6,8-9H,7H2,(H,20,21). The third-order valence-corrected chi connectivity index (χ3v) is 3.30. The second-order valence-corrected chi connectivity index (χ2v) is 4.73. The van der Waals surface area contributed by atoms with Crippen LogP contribution in [-0.2, 0) is 11.2 Å². The van der Waals surface area contributed by atoms with E-state index in [1.807, 2.05) is 0 Å². The molecule has 0 unspecified atom stereocenters. The van der Waals surface area contributed by atoms with Crippen molar-refractivity contribution < 1.29 is 18.7 Å². The zero-order chi connectivity index (χ0) is 15.0. The molecule has 0 aliphatic carbocycles. The average Bonchev–Trinajstić information content (AvgIpc) is 2.77. The summed E-state index contributed by atoms with van der Waals surface area (Å²) in [6.45, 7) is 0. The number of halogens is 2. The van der Waals surface area contributed by atoms with Crippen LogP contribution in [0.4, 0.5) is 8.78 Å². The lowest BCUT2D eigenvalue weighted by atomic mass is 10.1. The maximum atomic E-state index is 13.4. The van der Waals surface area contributed by atoms with Crippen molar-refractivity contribution in [2.45, 2.75) is 6.42 Å². The minimum atomic E-state index is -0.989. The zero-order valence-corrected chi connectivity index (χ0v) is 10.9. The lowest BCUT2D eigenvalue weighted by Crippen LogP contribution is -1.99. The van der Waals surface area contributed by atoms with Crippen LogP contribution in [0.5, 0.6) is 0 Å². The number of benzene rings is 2. The van der Waals surface area contributed by atoms with E-state index in [0.29, 0.717) is 22.2 Å². The minimum absolute atomic E-state index is 0.200. The lowest BCUT2D eigenvalue weighted by Gasteiger charge is -2.05. The van der Waals surface area contributed by atoms with Gasteiger partial charge in [0.1, 0.15) is 11.6 Å². The summed E-state index contributed by atoms with van der Waals surface area (Å²) >= 11 is 0. The topological polar surface area (TPSA) is 42.2 Å². The molecule has 0 saturated heterocycles. The number of rotatable bonds is 3. The van der Waals surface area contributed by atoms with Gasteiger partial charge in [0, 0.05) is 17.3 Å². The largest absolute Gasteiger partial charge is 0.481 e. The predicted molar refractivity (Wildman–Crippen MR) is 74.5 cm³/mol. The molecule has 0 aliphatic heterocycles. The number of aliphatic carboxylic acids is 1. The smallest absolute Gasteiger partial charge is 0.307 e. The van der Waals surface area contributed by atoms with Crippen LogP contribution in [0, 0.1) is 11.6 Å². The van der Waals surface area contributed by atoms with Crippen LogP contribution in [0.15, 0.2) is 48.7 Å². The van der Waals surface area contributed by atoms with Crippen LogP contribution in [0.2, 0.25) is 0 Å². The number of hydrogen-bond donors (Lipinski definition) is 1. The Balaban J connectivity index is 2.23. The molecule has 5 heteroatoms. The summed E-state index contributed by atoms with van der Waals surface area (Å²) in [5.74, 6) is -1.77. The SMILES string of the molecule is O=C(O)Cc1cn(-c2ccc(F)cc2)c2ccc(F)cc12. The highest BCUT2D eigenvalue weighted by Crippen LogP contribution is 2.26. The predicted octanol–water partition coefficient (Wildman–Crippen LogP) is 3.54. The van der Waals surface area contributed by atoms with Gasteiger partial charge in [0.15, 0.2) is 0 Å². The number of fused-ring (bicyclic) bond motifs is 1. The molecule has 1 heterocycles. The van der Waals surface area contributed by atoms with Crippen molar-refractivity contribution in [3.05, 3.63) is 65.9 Å². The van der Waals surface area contributed by atoms with Gasteiger partial charge in [0.25, 0.3) is 0 Å². The molecule has 0 saturated carbocycles. The fourth-order valence-corrected chi connectivity index (χ4v) is 2.39. The highest BCUT2D eigenvalue weighted by atomic mass is 19.1. The van der Waals surface area contributed by atoms with Gasteiger partial charge in [-0.25, -0.2) is 8.78 Å². The van der Waals surface area contributed by atoms with Gasteiger partial charge in [-0.05, 0) is 48.0 Å². The quantitative estimate of drug-likeness (QED) is 0.800. The first-order chi connectivity index (χ1) is 10.0. The van der Waals surface area contributed by atoms with Crippen molar-refractivity contribution in [2.24, 2.45) is 0 Å². The normalized spacial score (nSPS) is 11.0. The van der Waals surface area contributed by atoms with Gasteiger partial charge in [-0.2, -0.15) is 0 Å². The van der Waals surface area contributed by atoms with Crippen LogP contribution in [0.25, 0.3) is 16.6 Å². The number of carboxylic acids is 1. The van der Waals surface area contributed by atoms with Crippen molar-refractivity contribution >= 4 is 16.9 Å². The van der Waals surface area contributed by atoms with Crippen LogP contribution < -0.4 is 0 Å². The van der Waals surface area contributed by atoms with Crippen molar-refractivity contribution in [3.63, 3.8) is 0 Å². The first kappa shape index (κ1) is 13.3. The van der Waals surface area contributed by atoms with E-state index in [9.17, 15) is 13.6 Å². The highest BCUT2D eigenvalue weighted by molar-refractivity contribution is 5.88. The van der Waals surface area contributed by atoms with E-state index in [-0.39, 0.29) is 12.2 Å². The van der Waals surface area contributed by atoms with Crippen LogP contribution in [0.3, 0.4) is 0 Å². The third kappa shape index (κ3) is 2.50. The summed E-state index contributed by atoms with van der Waals surface area (Å²) in [7, 11) is 0. The minimum Gasteiger partial charge on any atom is -0.481 e. The molecular weight excluding hydrogens is 276 g/mol. The molecular formula is C16H11F2NO2. The first-order valence-corrected chi connectivity index (χ1v) is 6.32. The Kier molecular flexibility index (Phi) is 3.17. The fraction of sp³-hybridized carbons (Fsp3) is 0.0625. The number of aromatic nitrogens is 1. The number of nitrogens with zero attached hydrogens (tertiary/aromatic N) is 1. The summed E-state index contributed by atoms with van der Waals surface area (Å²) < 4.78 is 28.2. The van der Waals surface area contributed by atoms with Gasteiger partial charge in [0.05, 0.1) is 11.9 Å². The van der Waals surface area contributed by atoms with Gasteiger partial charge in [-0.3, -0.25) is 4.79 Å². The van der Waals surface area contributed by atoms with Crippen LogP contribution in [-0.4, -0.2) is 15.6 Å². The average molecular weight is 287 g/mol. The third-order valence-electron chi connectivity index (χ3n) is 3.30. The van der Waals surface area contributed by atoms with Crippen molar-refractivity contribution in [1.29, 1.82) is 0 Å². The maximum absolute atomic E-state index is 13.4. The fourth-order valence-electron chi connectivity index (χ4n) is 2.39. The van der Waals surface area contributed by atoms with Gasteiger partial charge in [0.2, 0.25) is 0 Å². The monoisotopic (exact) mass is 287 g/mol. The Morgan fingerprint density at radius 3 is 2.38 bits per heavy atom. The lowest BCUT2D eigenvalue weighted by molar-refractivity contribution is -0.136. The first-order valence-electron chi connectivity index (χ1n) is 6.32. The molecule has 0 bridgehead atoms.